The smallest absolute Gasteiger partial charge is 0.234 e. The summed E-state index contributed by atoms with van der Waals surface area (Å²) >= 11 is 7.76. The number of hydrogen-bond acceptors (Lipinski definition) is 5. The van der Waals surface area contributed by atoms with Gasteiger partial charge in [0.15, 0.2) is 16.7 Å². The van der Waals surface area contributed by atoms with Crippen LogP contribution < -0.4 is 14.8 Å². The zero-order valence-corrected chi connectivity index (χ0v) is 17.7. The number of carbonyl (C=O) groups excluding carboxylic acids is 1. The number of thioether (sulfide) groups is 1. The van der Waals surface area contributed by atoms with E-state index in [9.17, 15) is 4.79 Å². The van der Waals surface area contributed by atoms with E-state index < -0.39 is 0 Å². The second kappa shape index (κ2) is 8.25. The molecule has 0 unspecified atom stereocenters. The topological polar surface area (TPSA) is 65.4 Å². The summed E-state index contributed by atoms with van der Waals surface area (Å²) in [5.41, 5.74) is 2.76. The van der Waals surface area contributed by atoms with Crippen LogP contribution in [0.15, 0.2) is 17.3 Å². The summed E-state index contributed by atoms with van der Waals surface area (Å²) in [5.74, 6) is 1.35. The van der Waals surface area contributed by atoms with Crippen LogP contribution >= 0.6 is 23.4 Å². The Labute approximate surface area is 173 Å². The number of aryl methyl sites for hydroxylation is 1. The Balaban J connectivity index is 1.43. The normalized spacial score (nSPS) is 16.4. The highest BCUT2D eigenvalue weighted by molar-refractivity contribution is 7.99. The van der Waals surface area contributed by atoms with E-state index in [4.69, 9.17) is 26.1 Å². The fraction of sp³-hybridized carbons (Fsp3) is 0.500. The number of nitrogens with one attached hydrogen (secondary N) is 1. The summed E-state index contributed by atoms with van der Waals surface area (Å²) < 4.78 is 13.4. The van der Waals surface area contributed by atoms with Crippen molar-refractivity contribution in [1.82, 2.24) is 9.55 Å². The predicted molar refractivity (Wildman–Crippen MR) is 111 cm³/mol. The Hall–Kier alpha value is -1.86. The molecular formula is C20H24ClN3O3S. The van der Waals surface area contributed by atoms with Crippen molar-refractivity contribution in [2.24, 2.45) is 0 Å². The number of nitrogens with zero attached hydrogens (tertiary/aromatic N) is 2. The number of ether oxygens (including phenoxy) is 2. The van der Waals surface area contributed by atoms with Crippen LogP contribution in [0.4, 0.5) is 5.69 Å². The van der Waals surface area contributed by atoms with Crippen molar-refractivity contribution in [3.63, 3.8) is 0 Å². The van der Waals surface area contributed by atoms with Gasteiger partial charge in [0.2, 0.25) is 5.91 Å². The van der Waals surface area contributed by atoms with Crippen molar-refractivity contribution in [2.45, 2.75) is 50.7 Å². The number of amides is 1. The second-order valence-electron chi connectivity index (χ2n) is 7.19. The van der Waals surface area contributed by atoms with Crippen LogP contribution in [-0.2, 0) is 4.79 Å². The highest BCUT2D eigenvalue weighted by atomic mass is 35.5. The first kappa shape index (κ1) is 19.5. The summed E-state index contributed by atoms with van der Waals surface area (Å²) in [6.45, 7) is 5.12. The van der Waals surface area contributed by atoms with E-state index in [0.717, 1.165) is 10.9 Å². The van der Waals surface area contributed by atoms with Gasteiger partial charge in [0.25, 0.3) is 0 Å². The average molecular weight is 422 g/mol. The molecule has 1 fully saturated rings. The Morgan fingerprint density at radius 3 is 2.64 bits per heavy atom. The van der Waals surface area contributed by atoms with E-state index in [-0.39, 0.29) is 11.7 Å². The summed E-state index contributed by atoms with van der Waals surface area (Å²) in [6, 6.07) is 3.89. The van der Waals surface area contributed by atoms with Crippen molar-refractivity contribution >= 4 is 35.0 Å². The molecule has 6 nitrogen and oxygen atoms in total. The lowest BCUT2D eigenvalue weighted by atomic mass is 10.2. The number of carbonyl (C=O) groups is 1. The third-order valence-electron chi connectivity index (χ3n) is 5.28. The number of halogens is 1. The average Bonchev–Trinajstić information content (AvgIpc) is 3.29. The molecule has 0 saturated heterocycles. The van der Waals surface area contributed by atoms with Gasteiger partial charge in [0.05, 0.1) is 22.2 Å². The van der Waals surface area contributed by atoms with Crippen LogP contribution in [-0.4, -0.2) is 34.4 Å². The molecule has 1 aliphatic heterocycles. The fourth-order valence-electron chi connectivity index (χ4n) is 3.77. The first-order valence-electron chi connectivity index (χ1n) is 9.60. The number of rotatable bonds is 5. The van der Waals surface area contributed by atoms with Gasteiger partial charge in [-0.2, -0.15) is 0 Å². The van der Waals surface area contributed by atoms with Crippen molar-refractivity contribution in [2.75, 3.05) is 24.3 Å². The molecule has 150 valence electrons. The maximum Gasteiger partial charge on any atom is 0.234 e. The minimum Gasteiger partial charge on any atom is -0.486 e. The Kier molecular flexibility index (Phi) is 5.73. The number of fused-ring (bicyclic) bond motifs is 1. The van der Waals surface area contributed by atoms with Crippen LogP contribution in [0.25, 0.3) is 0 Å². The first-order chi connectivity index (χ1) is 13.5. The lowest BCUT2D eigenvalue weighted by molar-refractivity contribution is -0.113. The first-order valence-corrected chi connectivity index (χ1v) is 11.0. The summed E-state index contributed by atoms with van der Waals surface area (Å²) in [6.07, 6.45) is 4.88. The Bertz CT molecular complexity index is 893. The number of aromatic nitrogens is 2. The van der Waals surface area contributed by atoms with Crippen molar-refractivity contribution in [3.05, 3.63) is 28.5 Å². The largest absolute Gasteiger partial charge is 0.486 e. The number of benzene rings is 1. The molecule has 1 N–H and O–H groups in total. The van der Waals surface area contributed by atoms with E-state index in [1.54, 1.807) is 12.1 Å². The van der Waals surface area contributed by atoms with Gasteiger partial charge in [-0.05, 0) is 26.7 Å². The predicted octanol–water partition coefficient (Wildman–Crippen LogP) is 4.77. The molecule has 2 aromatic rings. The standard InChI is InChI=1S/C20H24ClN3O3S/c1-12-13(2)24(14-5-3-4-6-14)20(22-12)28-11-19(25)23-16-10-18-17(9-15(16)21)26-7-8-27-18/h9-10,14H,3-8,11H2,1-2H3,(H,23,25). The van der Waals surface area contributed by atoms with Gasteiger partial charge in [-0.15, -0.1) is 0 Å². The number of hydrogen-bond donors (Lipinski definition) is 1. The third-order valence-corrected chi connectivity index (χ3v) is 6.55. The van der Waals surface area contributed by atoms with E-state index in [0.29, 0.717) is 41.5 Å². The molecule has 2 heterocycles. The lowest BCUT2D eigenvalue weighted by Gasteiger charge is -2.20. The van der Waals surface area contributed by atoms with Gasteiger partial charge in [-0.1, -0.05) is 36.2 Å². The van der Waals surface area contributed by atoms with Gasteiger partial charge in [-0.3, -0.25) is 4.79 Å². The van der Waals surface area contributed by atoms with Crippen LogP contribution in [0.2, 0.25) is 5.02 Å². The minimum absolute atomic E-state index is 0.125. The lowest BCUT2D eigenvalue weighted by Crippen LogP contribution is -2.18. The molecule has 4 rings (SSSR count). The van der Waals surface area contributed by atoms with Gasteiger partial charge >= 0.3 is 0 Å². The zero-order valence-electron chi connectivity index (χ0n) is 16.1. The van der Waals surface area contributed by atoms with Crippen LogP contribution in [0.5, 0.6) is 11.5 Å². The van der Waals surface area contributed by atoms with Gasteiger partial charge < -0.3 is 19.4 Å². The Morgan fingerprint density at radius 1 is 1.25 bits per heavy atom. The molecule has 0 bridgehead atoms. The molecule has 0 radical (unpaired) electrons. The summed E-state index contributed by atoms with van der Waals surface area (Å²) in [5, 5.41) is 4.23. The molecule has 28 heavy (non-hydrogen) atoms. The molecule has 1 aromatic heterocycles. The van der Waals surface area contributed by atoms with E-state index >= 15 is 0 Å². The zero-order chi connectivity index (χ0) is 19.7. The van der Waals surface area contributed by atoms with E-state index in [1.165, 1.54) is 43.1 Å². The fourth-order valence-corrected chi connectivity index (χ4v) is 4.93. The third kappa shape index (κ3) is 3.96. The second-order valence-corrected chi connectivity index (χ2v) is 8.54. The number of imidazole rings is 1. The molecule has 1 aliphatic carbocycles. The van der Waals surface area contributed by atoms with E-state index in [2.05, 4.69) is 16.8 Å². The molecule has 8 heteroatoms. The maximum atomic E-state index is 12.5. The quantitative estimate of drug-likeness (QED) is 0.704. The summed E-state index contributed by atoms with van der Waals surface area (Å²) in [7, 11) is 0. The van der Waals surface area contributed by atoms with Gasteiger partial charge in [0, 0.05) is 23.9 Å². The van der Waals surface area contributed by atoms with Crippen molar-refractivity contribution < 1.29 is 14.3 Å². The SMILES string of the molecule is Cc1nc(SCC(=O)Nc2cc3c(cc2Cl)OCCO3)n(C2CCCC2)c1C. The molecular weight excluding hydrogens is 398 g/mol. The minimum atomic E-state index is -0.125. The Morgan fingerprint density at radius 2 is 1.93 bits per heavy atom. The molecule has 0 atom stereocenters. The molecule has 1 saturated carbocycles. The highest BCUT2D eigenvalue weighted by Gasteiger charge is 2.24. The van der Waals surface area contributed by atoms with Gasteiger partial charge in [0.1, 0.15) is 13.2 Å². The van der Waals surface area contributed by atoms with Crippen LogP contribution in [0.3, 0.4) is 0 Å². The maximum absolute atomic E-state index is 12.5. The monoisotopic (exact) mass is 421 g/mol. The van der Waals surface area contributed by atoms with Gasteiger partial charge in [-0.25, -0.2) is 4.98 Å². The van der Waals surface area contributed by atoms with Crippen LogP contribution in [0.1, 0.15) is 43.1 Å². The summed E-state index contributed by atoms with van der Waals surface area (Å²) in [4.78, 5) is 17.2. The highest BCUT2D eigenvalue weighted by Crippen LogP contribution is 2.38. The molecule has 1 amide bonds. The molecule has 1 aromatic carbocycles. The molecule has 0 spiro atoms. The van der Waals surface area contributed by atoms with Crippen LogP contribution in [0, 0.1) is 13.8 Å². The number of anilines is 1. The molecule has 2 aliphatic rings. The van der Waals surface area contributed by atoms with Crippen molar-refractivity contribution in [1.29, 1.82) is 0 Å². The van der Waals surface area contributed by atoms with E-state index in [1.807, 2.05) is 6.92 Å². The van der Waals surface area contributed by atoms with Crippen molar-refractivity contribution in [3.8, 4) is 11.5 Å².